The number of carbonyl (C=O) groups is 1. The van der Waals surface area contributed by atoms with Crippen molar-refractivity contribution in [3.8, 4) is 5.75 Å². The Balaban J connectivity index is 1.91. The third kappa shape index (κ3) is 5.63. The van der Waals surface area contributed by atoms with Crippen molar-refractivity contribution in [2.75, 3.05) is 6.61 Å². The number of amides is 1. The van der Waals surface area contributed by atoms with E-state index in [0.717, 1.165) is 26.0 Å². The van der Waals surface area contributed by atoms with Crippen LogP contribution in [0.15, 0.2) is 47.6 Å². The van der Waals surface area contributed by atoms with Crippen LogP contribution in [-0.4, -0.2) is 18.7 Å². The number of nitrogens with zero attached hydrogens (tertiary/aromatic N) is 1. The Hall–Kier alpha value is -1.89. The van der Waals surface area contributed by atoms with Crippen LogP contribution in [-0.2, 0) is 4.79 Å². The molecule has 0 spiro atoms. The van der Waals surface area contributed by atoms with E-state index in [1.54, 1.807) is 6.21 Å². The fourth-order valence-corrected chi connectivity index (χ4v) is 2.75. The van der Waals surface area contributed by atoms with Crippen molar-refractivity contribution >= 4 is 34.7 Å². The Morgan fingerprint density at radius 2 is 2.08 bits per heavy atom. The number of hydrogen-bond acceptors (Lipinski definition) is 3. The Bertz CT molecular complexity index is 742. The van der Waals surface area contributed by atoms with E-state index in [1.807, 2.05) is 49.4 Å². The molecule has 0 radical (unpaired) electrons. The van der Waals surface area contributed by atoms with Crippen LogP contribution in [0.3, 0.4) is 0 Å². The van der Waals surface area contributed by atoms with Crippen LogP contribution < -0.4 is 10.2 Å². The second-order valence-electron chi connectivity index (χ2n) is 5.83. The van der Waals surface area contributed by atoms with Crippen LogP contribution >= 0.6 is 22.6 Å². The first kappa shape index (κ1) is 18.4. The summed E-state index contributed by atoms with van der Waals surface area (Å²) in [6.07, 6.45) is 1.62. The maximum absolute atomic E-state index is 11.9. The SMILES string of the molecule is Cc1ccc(C(C)C)c(OCC(=O)N/N=C/c2cccc(I)c2)c1. The van der Waals surface area contributed by atoms with Crippen molar-refractivity contribution in [1.29, 1.82) is 0 Å². The highest BCUT2D eigenvalue weighted by Crippen LogP contribution is 2.27. The van der Waals surface area contributed by atoms with Crippen molar-refractivity contribution in [3.05, 3.63) is 62.7 Å². The Morgan fingerprint density at radius 1 is 1.29 bits per heavy atom. The van der Waals surface area contributed by atoms with Crippen LogP contribution in [0.5, 0.6) is 5.75 Å². The summed E-state index contributed by atoms with van der Waals surface area (Å²) in [4.78, 5) is 11.9. The first-order valence-electron chi connectivity index (χ1n) is 7.76. The standard InChI is InChI=1S/C19H21IN2O2/c1-13(2)17-8-7-14(3)9-18(17)24-12-19(23)22-21-11-15-5-4-6-16(20)10-15/h4-11,13H,12H2,1-3H3,(H,22,23)/b21-11+. The molecule has 0 unspecified atom stereocenters. The van der Waals surface area contributed by atoms with Gasteiger partial charge in [0.15, 0.2) is 6.61 Å². The zero-order valence-electron chi connectivity index (χ0n) is 14.0. The number of hydrogen-bond donors (Lipinski definition) is 1. The van der Waals surface area contributed by atoms with E-state index in [-0.39, 0.29) is 12.5 Å². The highest BCUT2D eigenvalue weighted by molar-refractivity contribution is 14.1. The normalized spacial score (nSPS) is 11.0. The molecule has 1 amide bonds. The van der Waals surface area contributed by atoms with Gasteiger partial charge >= 0.3 is 0 Å². The molecule has 0 fully saturated rings. The third-order valence-electron chi connectivity index (χ3n) is 3.40. The minimum atomic E-state index is -0.284. The first-order valence-corrected chi connectivity index (χ1v) is 8.84. The highest BCUT2D eigenvalue weighted by Gasteiger charge is 2.09. The number of aryl methyl sites for hydroxylation is 1. The molecule has 0 aliphatic heterocycles. The smallest absolute Gasteiger partial charge is 0.277 e. The topological polar surface area (TPSA) is 50.7 Å². The maximum atomic E-state index is 11.9. The van der Waals surface area contributed by atoms with E-state index in [0.29, 0.717) is 5.92 Å². The lowest BCUT2D eigenvalue weighted by atomic mass is 10.0. The molecule has 0 aromatic heterocycles. The average Bonchev–Trinajstić information content (AvgIpc) is 2.53. The lowest BCUT2D eigenvalue weighted by molar-refractivity contribution is -0.123. The van der Waals surface area contributed by atoms with Crippen molar-refractivity contribution in [1.82, 2.24) is 5.43 Å². The number of ether oxygens (including phenoxy) is 1. The van der Waals surface area contributed by atoms with Crippen molar-refractivity contribution in [2.45, 2.75) is 26.7 Å². The molecule has 2 aromatic rings. The number of carbonyl (C=O) groups excluding carboxylic acids is 1. The Labute approximate surface area is 156 Å². The van der Waals surface area contributed by atoms with Gasteiger partial charge in [-0.2, -0.15) is 5.10 Å². The molecule has 0 bridgehead atoms. The molecular weight excluding hydrogens is 415 g/mol. The van der Waals surface area contributed by atoms with Gasteiger partial charge in [-0.1, -0.05) is 38.1 Å². The van der Waals surface area contributed by atoms with Gasteiger partial charge in [-0.15, -0.1) is 0 Å². The molecular formula is C19H21IN2O2. The van der Waals surface area contributed by atoms with Crippen molar-refractivity contribution in [2.24, 2.45) is 5.10 Å². The number of benzene rings is 2. The van der Waals surface area contributed by atoms with Crippen LogP contribution in [0.4, 0.5) is 0 Å². The molecule has 0 aliphatic rings. The quantitative estimate of drug-likeness (QED) is 0.418. The van der Waals surface area contributed by atoms with Gasteiger partial charge in [-0.05, 0) is 70.3 Å². The summed E-state index contributed by atoms with van der Waals surface area (Å²) >= 11 is 2.23. The summed E-state index contributed by atoms with van der Waals surface area (Å²) in [5.74, 6) is 0.803. The lowest BCUT2D eigenvalue weighted by Crippen LogP contribution is -2.25. The fraction of sp³-hybridized carbons (Fsp3) is 0.263. The summed E-state index contributed by atoms with van der Waals surface area (Å²) in [7, 11) is 0. The van der Waals surface area contributed by atoms with E-state index in [4.69, 9.17) is 4.74 Å². The Morgan fingerprint density at radius 3 is 2.79 bits per heavy atom. The number of nitrogens with one attached hydrogen (secondary N) is 1. The average molecular weight is 436 g/mol. The third-order valence-corrected chi connectivity index (χ3v) is 4.07. The minimum absolute atomic E-state index is 0.0627. The van der Waals surface area contributed by atoms with Gasteiger partial charge in [0.2, 0.25) is 0 Å². The van der Waals surface area contributed by atoms with Crippen LogP contribution in [0, 0.1) is 10.5 Å². The van der Waals surface area contributed by atoms with Gasteiger partial charge in [0, 0.05) is 3.57 Å². The van der Waals surface area contributed by atoms with Crippen LogP contribution in [0.25, 0.3) is 0 Å². The van der Waals surface area contributed by atoms with Gasteiger partial charge < -0.3 is 4.74 Å². The van der Waals surface area contributed by atoms with Crippen molar-refractivity contribution < 1.29 is 9.53 Å². The predicted molar refractivity (Wildman–Crippen MR) is 106 cm³/mol. The summed E-state index contributed by atoms with van der Waals surface area (Å²) < 4.78 is 6.79. The highest BCUT2D eigenvalue weighted by atomic mass is 127. The summed E-state index contributed by atoms with van der Waals surface area (Å²) in [6.45, 7) is 6.14. The largest absolute Gasteiger partial charge is 0.483 e. The fourth-order valence-electron chi connectivity index (χ4n) is 2.18. The van der Waals surface area contributed by atoms with Gasteiger partial charge in [0.05, 0.1) is 6.21 Å². The van der Waals surface area contributed by atoms with E-state index in [1.165, 1.54) is 0 Å². The molecule has 2 rings (SSSR count). The van der Waals surface area contributed by atoms with Gasteiger partial charge in [-0.25, -0.2) is 5.43 Å². The minimum Gasteiger partial charge on any atom is -0.483 e. The molecule has 0 saturated carbocycles. The van der Waals surface area contributed by atoms with Gasteiger partial charge in [-0.3, -0.25) is 4.79 Å². The lowest BCUT2D eigenvalue weighted by Gasteiger charge is -2.14. The van der Waals surface area contributed by atoms with E-state index >= 15 is 0 Å². The van der Waals surface area contributed by atoms with Gasteiger partial charge in [0.25, 0.3) is 5.91 Å². The maximum Gasteiger partial charge on any atom is 0.277 e. The second kappa shape index (κ2) is 8.82. The molecule has 0 atom stereocenters. The first-order chi connectivity index (χ1) is 11.5. The molecule has 24 heavy (non-hydrogen) atoms. The zero-order valence-corrected chi connectivity index (χ0v) is 16.2. The summed E-state index contributed by atoms with van der Waals surface area (Å²) in [5, 5.41) is 3.96. The van der Waals surface area contributed by atoms with Crippen LogP contribution in [0.2, 0.25) is 0 Å². The monoisotopic (exact) mass is 436 g/mol. The molecule has 4 nitrogen and oxygen atoms in total. The molecule has 0 aliphatic carbocycles. The zero-order chi connectivity index (χ0) is 17.5. The van der Waals surface area contributed by atoms with Crippen LogP contribution in [0.1, 0.15) is 36.5 Å². The van der Waals surface area contributed by atoms with Gasteiger partial charge in [0.1, 0.15) is 5.75 Å². The molecule has 1 N–H and O–H groups in total. The Kier molecular flexibility index (Phi) is 6.78. The summed E-state index contributed by atoms with van der Waals surface area (Å²) in [6, 6.07) is 13.9. The number of rotatable bonds is 6. The van der Waals surface area contributed by atoms with E-state index in [2.05, 4.69) is 47.0 Å². The number of halogens is 1. The second-order valence-corrected chi connectivity index (χ2v) is 7.08. The molecule has 0 saturated heterocycles. The molecule has 5 heteroatoms. The molecule has 126 valence electrons. The molecule has 2 aromatic carbocycles. The van der Waals surface area contributed by atoms with Crippen molar-refractivity contribution in [3.63, 3.8) is 0 Å². The summed E-state index contributed by atoms with van der Waals surface area (Å²) in [5.41, 5.74) is 5.62. The molecule has 0 heterocycles. The van der Waals surface area contributed by atoms with E-state index in [9.17, 15) is 4.79 Å². The van der Waals surface area contributed by atoms with E-state index < -0.39 is 0 Å². The number of hydrazone groups is 1. The predicted octanol–water partition coefficient (Wildman–Crippen LogP) is 4.25.